The standard InChI is InChI=1S/C20H16FNO4S/c21-14-2-1-3-16(9-14)26-11-13-8-19(27-12-13)20(23)22-15-4-5-17-18(10-15)25-7-6-24-17/h1-5,8-10,12H,6-7,11H2,(H,22,23). The minimum Gasteiger partial charge on any atom is -0.489 e. The van der Waals surface area contributed by atoms with Crippen LogP contribution in [0, 0.1) is 5.82 Å². The van der Waals surface area contributed by atoms with Gasteiger partial charge in [-0.15, -0.1) is 11.3 Å². The third-order valence-corrected chi connectivity index (χ3v) is 4.86. The molecule has 0 fully saturated rings. The van der Waals surface area contributed by atoms with E-state index in [-0.39, 0.29) is 18.3 Å². The Morgan fingerprint density at radius 1 is 1.11 bits per heavy atom. The largest absolute Gasteiger partial charge is 0.489 e. The van der Waals surface area contributed by atoms with Gasteiger partial charge in [0.15, 0.2) is 11.5 Å². The van der Waals surface area contributed by atoms with Crippen molar-refractivity contribution in [2.75, 3.05) is 18.5 Å². The molecule has 0 saturated heterocycles. The number of amides is 1. The van der Waals surface area contributed by atoms with Crippen molar-refractivity contribution in [3.8, 4) is 17.2 Å². The van der Waals surface area contributed by atoms with Crippen LogP contribution in [-0.2, 0) is 6.61 Å². The molecular formula is C20H16FNO4S. The molecule has 0 unspecified atom stereocenters. The van der Waals surface area contributed by atoms with Crippen LogP contribution in [0.3, 0.4) is 0 Å². The average Bonchev–Trinajstić information content (AvgIpc) is 3.16. The molecule has 27 heavy (non-hydrogen) atoms. The predicted octanol–water partition coefficient (Wildman–Crippen LogP) is 4.49. The molecule has 1 aromatic heterocycles. The second-order valence-electron chi connectivity index (χ2n) is 5.88. The summed E-state index contributed by atoms with van der Waals surface area (Å²) in [6.45, 7) is 1.27. The minimum absolute atomic E-state index is 0.214. The predicted molar refractivity (Wildman–Crippen MR) is 100 cm³/mol. The molecule has 1 aliphatic heterocycles. The lowest BCUT2D eigenvalue weighted by atomic mass is 10.2. The maximum Gasteiger partial charge on any atom is 0.265 e. The molecule has 0 bridgehead atoms. The summed E-state index contributed by atoms with van der Waals surface area (Å²) < 4.78 is 29.7. The molecule has 7 heteroatoms. The zero-order chi connectivity index (χ0) is 18.6. The van der Waals surface area contributed by atoms with Crippen molar-refractivity contribution < 1.29 is 23.4 Å². The van der Waals surface area contributed by atoms with Gasteiger partial charge in [0.1, 0.15) is 31.4 Å². The summed E-state index contributed by atoms with van der Waals surface area (Å²) in [7, 11) is 0. The van der Waals surface area contributed by atoms with Gasteiger partial charge in [-0.1, -0.05) is 6.07 Å². The Balaban J connectivity index is 1.38. The zero-order valence-corrected chi connectivity index (χ0v) is 15.1. The van der Waals surface area contributed by atoms with Crippen LogP contribution in [0.15, 0.2) is 53.9 Å². The van der Waals surface area contributed by atoms with Crippen LogP contribution in [0.5, 0.6) is 17.2 Å². The number of fused-ring (bicyclic) bond motifs is 1. The Morgan fingerprint density at radius 3 is 2.81 bits per heavy atom. The van der Waals surface area contributed by atoms with Crippen molar-refractivity contribution in [1.82, 2.24) is 0 Å². The molecule has 2 heterocycles. The van der Waals surface area contributed by atoms with E-state index in [0.29, 0.717) is 41.0 Å². The second-order valence-corrected chi connectivity index (χ2v) is 6.79. The van der Waals surface area contributed by atoms with Gasteiger partial charge in [0.2, 0.25) is 0 Å². The summed E-state index contributed by atoms with van der Waals surface area (Å²) in [5.74, 6) is 1.18. The van der Waals surface area contributed by atoms with Crippen molar-refractivity contribution in [3.63, 3.8) is 0 Å². The molecular weight excluding hydrogens is 369 g/mol. The summed E-state index contributed by atoms with van der Waals surface area (Å²) in [4.78, 5) is 13.0. The lowest BCUT2D eigenvalue weighted by molar-refractivity contribution is 0.103. The number of thiophene rings is 1. The van der Waals surface area contributed by atoms with E-state index in [2.05, 4.69) is 5.32 Å². The highest BCUT2D eigenvalue weighted by molar-refractivity contribution is 7.12. The van der Waals surface area contributed by atoms with Gasteiger partial charge in [-0.25, -0.2) is 4.39 Å². The number of hydrogen-bond acceptors (Lipinski definition) is 5. The van der Waals surface area contributed by atoms with Gasteiger partial charge >= 0.3 is 0 Å². The van der Waals surface area contributed by atoms with E-state index in [1.54, 1.807) is 36.4 Å². The van der Waals surface area contributed by atoms with E-state index >= 15 is 0 Å². The lowest BCUT2D eigenvalue weighted by Crippen LogP contribution is -2.16. The summed E-state index contributed by atoms with van der Waals surface area (Å²) in [6, 6.07) is 13.0. The van der Waals surface area contributed by atoms with Crippen molar-refractivity contribution in [2.24, 2.45) is 0 Å². The fraction of sp³-hybridized carbons (Fsp3) is 0.150. The van der Waals surface area contributed by atoms with Crippen molar-refractivity contribution in [1.29, 1.82) is 0 Å². The molecule has 0 aliphatic carbocycles. The normalized spacial score (nSPS) is 12.5. The smallest absolute Gasteiger partial charge is 0.265 e. The third kappa shape index (κ3) is 4.20. The first-order valence-corrected chi connectivity index (χ1v) is 9.22. The second kappa shape index (κ2) is 7.67. The van der Waals surface area contributed by atoms with Crippen LogP contribution in [0.25, 0.3) is 0 Å². The third-order valence-electron chi connectivity index (χ3n) is 3.88. The van der Waals surface area contributed by atoms with Crippen molar-refractivity contribution in [2.45, 2.75) is 6.61 Å². The maximum absolute atomic E-state index is 13.2. The number of anilines is 1. The van der Waals surface area contributed by atoms with Crippen LogP contribution < -0.4 is 19.5 Å². The van der Waals surface area contributed by atoms with E-state index in [1.165, 1.54) is 23.5 Å². The molecule has 3 aromatic rings. The number of hydrogen-bond donors (Lipinski definition) is 1. The molecule has 0 radical (unpaired) electrons. The van der Waals surface area contributed by atoms with Crippen LogP contribution in [0.1, 0.15) is 15.2 Å². The molecule has 0 saturated carbocycles. The molecule has 5 nitrogen and oxygen atoms in total. The number of benzene rings is 2. The zero-order valence-electron chi connectivity index (χ0n) is 14.2. The molecule has 1 amide bonds. The lowest BCUT2D eigenvalue weighted by Gasteiger charge is -2.18. The molecule has 4 rings (SSSR count). The van der Waals surface area contributed by atoms with Crippen molar-refractivity contribution in [3.05, 3.63) is 70.2 Å². The molecule has 0 spiro atoms. The van der Waals surface area contributed by atoms with Gasteiger partial charge in [0.25, 0.3) is 5.91 Å². The van der Waals surface area contributed by atoms with E-state index in [9.17, 15) is 9.18 Å². The van der Waals surface area contributed by atoms with E-state index in [4.69, 9.17) is 14.2 Å². The van der Waals surface area contributed by atoms with E-state index in [1.807, 2.05) is 5.38 Å². The van der Waals surface area contributed by atoms with Crippen molar-refractivity contribution >= 4 is 22.9 Å². The Hall–Kier alpha value is -3.06. The Labute approximate surface area is 159 Å². The molecule has 2 aromatic carbocycles. The van der Waals surface area contributed by atoms with Gasteiger partial charge in [0, 0.05) is 23.4 Å². The maximum atomic E-state index is 13.2. The van der Waals surface area contributed by atoms with E-state index < -0.39 is 0 Å². The highest BCUT2D eigenvalue weighted by Gasteiger charge is 2.14. The van der Waals surface area contributed by atoms with Crippen LogP contribution >= 0.6 is 11.3 Å². The number of carbonyl (C=O) groups excluding carboxylic acids is 1. The van der Waals surface area contributed by atoms with Crippen LogP contribution in [-0.4, -0.2) is 19.1 Å². The summed E-state index contributed by atoms with van der Waals surface area (Å²) in [6.07, 6.45) is 0. The summed E-state index contributed by atoms with van der Waals surface area (Å²) in [5, 5.41) is 4.69. The number of rotatable bonds is 5. The quantitative estimate of drug-likeness (QED) is 0.703. The van der Waals surface area contributed by atoms with Gasteiger partial charge in [-0.05, 0) is 35.7 Å². The minimum atomic E-state index is -0.350. The molecule has 1 aliphatic rings. The van der Waals surface area contributed by atoms with Gasteiger partial charge in [-0.2, -0.15) is 0 Å². The SMILES string of the molecule is O=C(Nc1ccc2c(c1)OCCO2)c1cc(COc2cccc(F)c2)cs1. The first kappa shape index (κ1) is 17.4. The number of ether oxygens (including phenoxy) is 3. The Bertz CT molecular complexity index is 972. The molecule has 0 atom stereocenters. The number of nitrogens with one attached hydrogen (secondary N) is 1. The number of carbonyl (C=O) groups is 1. The Morgan fingerprint density at radius 2 is 1.96 bits per heavy atom. The monoisotopic (exact) mass is 385 g/mol. The average molecular weight is 385 g/mol. The number of halogens is 1. The topological polar surface area (TPSA) is 56.8 Å². The summed E-state index contributed by atoms with van der Waals surface area (Å²) in [5.41, 5.74) is 1.48. The summed E-state index contributed by atoms with van der Waals surface area (Å²) >= 11 is 1.32. The van der Waals surface area contributed by atoms with Gasteiger partial charge in [0.05, 0.1) is 4.88 Å². The fourth-order valence-electron chi connectivity index (χ4n) is 2.61. The highest BCUT2D eigenvalue weighted by Crippen LogP contribution is 2.33. The first-order chi connectivity index (χ1) is 13.2. The van der Waals surface area contributed by atoms with Crippen LogP contribution in [0.2, 0.25) is 0 Å². The van der Waals surface area contributed by atoms with Gasteiger partial charge < -0.3 is 19.5 Å². The molecule has 1 N–H and O–H groups in total. The Kier molecular flexibility index (Phi) is 4.93. The van der Waals surface area contributed by atoms with Gasteiger partial charge in [-0.3, -0.25) is 4.79 Å². The van der Waals surface area contributed by atoms with E-state index in [0.717, 1.165) is 5.56 Å². The fourth-order valence-corrected chi connectivity index (χ4v) is 3.40. The molecule has 138 valence electrons. The van der Waals surface area contributed by atoms with Crippen LogP contribution in [0.4, 0.5) is 10.1 Å². The first-order valence-electron chi connectivity index (χ1n) is 8.34. The highest BCUT2D eigenvalue weighted by atomic mass is 32.1.